The molecule has 0 saturated carbocycles. The summed E-state index contributed by atoms with van der Waals surface area (Å²) in [6.07, 6.45) is -10.0. The largest absolute Gasteiger partial charge is 0.416 e. The Kier molecular flexibility index (Phi) is 17.1. The maximum Gasteiger partial charge on any atom is 0.416 e. The lowest BCUT2D eigenvalue weighted by molar-refractivity contribution is -0.138. The number of H-pyrrole nitrogens is 2. The van der Waals surface area contributed by atoms with Gasteiger partial charge in [0.15, 0.2) is 0 Å². The predicted octanol–water partition coefficient (Wildman–Crippen LogP) is 13.6. The van der Waals surface area contributed by atoms with E-state index < -0.39 is 54.8 Å². The molecule has 22 heteroatoms. The van der Waals surface area contributed by atoms with Crippen molar-refractivity contribution in [2.24, 2.45) is 0 Å². The fourth-order valence-corrected chi connectivity index (χ4v) is 8.72. The third-order valence-electron chi connectivity index (χ3n) is 12.5. The molecule has 78 heavy (non-hydrogen) atoms. The second-order valence-electron chi connectivity index (χ2n) is 18.1. The van der Waals surface area contributed by atoms with Gasteiger partial charge in [-0.25, -0.2) is 13.6 Å². The number of tetrazole rings is 2. The summed E-state index contributed by atoms with van der Waals surface area (Å²) in [7, 11) is 0. The zero-order valence-corrected chi connectivity index (χ0v) is 42.2. The summed E-state index contributed by atoms with van der Waals surface area (Å²) < 4.78 is 109. The molecule has 6 N–H and O–H groups in total. The van der Waals surface area contributed by atoms with E-state index in [-0.39, 0.29) is 23.0 Å². The number of nitrogens with one attached hydrogen (secondary N) is 4. The molecule has 2 heterocycles. The molecule has 2 aromatic heterocycles. The average molecular weight is 1070 g/mol. The van der Waals surface area contributed by atoms with E-state index in [0.29, 0.717) is 46.5 Å². The van der Waals surface area contributed by atoms with Crippen molar-refractivity contribution < 1.29 is 39.9 Å². The third kappa shape index (κ3) is 14.0. The third-order valence-corrected chi connectivity index (χ3v) is 12.5. The number of hydrogen-bond acceptors (Lipinski definition) is 10. The normalized spacial score (nSPS) is 11.4. The first-order chi connectivity index (χ1) is 37.3. The van der Waals surface area contributed by atoms with Crippen molar-refractivity contribution in [2.45, 2.75) is 59.1 Å². The van der Waals surface area contributed by atoms with Crippen LogP contribution in [0.5, 0.6) is 0 Å². The highest BCUT2D eigenvalue weighted by atomic mass is 19.4. The van der Waals surface area contributed by atoms with Gasteiger partial charge in [-0.1, -0.05) is 97.4 Å². The number of aromatic amines is 2. The molecule has 0 aliphatic carbocycles. The molecule has 0 fully saturated rings. The van der Waals surface area contributed by atoms with E-state index >= 15 is 0 Å². The molecule has 0 aliphatic heterocycles. The van der Waals surface area contributed by atoms with Crippen LogP contribution < -0.4 is 26.2 Å². The molecule has 0 atom stereocenters. The molecule has 9 rings (SSSR count). The number of alkyl halides is 6. The van der Waals surface area contributed by atoms with Gasteiger partial charge < -0.3 is 26.2 Å². The number of urea groups is 1. The minimum absolute atomic E-state index is 0.00660. The fourth-order valence-electron chi connectivity index (χ4n) is 8.72. The maximum atomic E-state index is 13.9. The number of anilines is 5. The molecule has 0 bridgehead atoms. The molecule has 402 valence electrons. The number of rotatable bonds is 16. The van der Waals surface area contributed by atoms with Crippen LogP contribution in [0, 0.1) is 25.5 Å². The number of amides is 2. The quantitative estimate of drug-likeness (QED) is 0.0461. The summed E-state index contributed by atoms with van der Waals surface area (Å²) in [6.45, 7) is 5.99. The molecule has 2 amide bonds. The van der Waals surface area contributed by atoms with Crippen molar-refractivity contribution in [2.75, 3.05) is 39.3 Å². The molecule has 0 radical (unpaired) electrons. The van der Waals surface area contributed by atoms with Gasteiger partial charge in [-0.05, 0) is 130 Å². The summed E-state index contributed by atoms with van der Waals surface area (Å²) >= 11 is 0. The number of hydrogen-bond donors (Lipinski definition) is 5. The summed E-state index contributed by atoms with van der Waals surface area (Å²) in [5.41, 5.74) is 14.2. The highest BCUT2D eigenvalue weighted by Gasteiger charge is 2.35. The molecule has 0 saturated heterocycles. The van der Waals surface area contributed by atoms with Gasteiger partial charge in [-0.3, -0.25) is 0 Å². The minimum atomic E-state index is -4.98. The summed E-state index contributed by atoms with van der Waals surface area (Å²) in [5.74, 6) is -0.577. The Balaban J connectivity index is 0.000000224. The molecule has 0 spiro atoms. The molecule has 14 nitrogen and oxygen atoms in total. The van der Waals surface area contributed by atoms with E-state index in [2.05, 4.69) is 69.8 Å². The Labute approximate surface area is 442 Å². The van der Waals surface area contributed by atoms with E-state index in [1.54, 1.807) is 60.7 Å². The number of nitrogens with two attached hydrogens (primary N) is 1. The molecular formula is C56H51F8N13O. The van der Waals surface area contributed by atoms with Crippen LogP contribution in [0.25, 0.3) is 45.0 Å². The van der Waals surface area contributed by atoms with E-state index in [4.69, 9.17) is 5.73 Å². The van der Waals surface area contributed by atoms with E-state index in [1.807, 2.05) is 56.3 Å². The van der Waals surface area contributed by atoms with Crippen LogP contribution in [0.4, 0.5) is 68.4 Å². The minimum Gasteiger partial charge on any atom is -0.397 e. The van der Waals surface area contributed by atoms with Crippen LogP contribution in [-0.4, -0.2) is 66.5 Å². The van der Waals surface area contributed by atoms with Crippen molar-refractivity contribution >= 4 is 34.5 Å². The summed E-state index contributed by atoms with van der Waals surface area (Å²) in [4.78, 5) is 16.5. The Hall–Kier alpha value is -9.21. The first kappa shape index (κ1) is 55.0. The second-order valence-corrected chi connectivity index (χ2v) is 18.1. The van der Waals surface area contributed by atoms with E-state index in [0.717, 1.165) is 69.1 Å². The maximum absolute atomic E-state index is 13.9. The number of aromatic nitrogens is 8. The SMILES string of the molecule is CCCN(Cc1ccc(F)cc1C)c1ccc(-c2ccccc2-c2nn[nH]n2)cc1N.Cc1ccc(NC(=O)Nc2cc(-c3ccccc3-c3nn[nH]n3)ccc2N(CCC(F)(F)F)Cc2ccc(F)cc2C(F)(F)F)cc1. The number of carbonyl (C=O) groups is 1. The number of nitrogens with zero attached hydrogens (tertiary/aromatic N) is 8. The Morgan fingerprint density at radius 2 is 1.14 bits per heavy atom. The summed E-state index contributed by atoms with van der Waals surface area (Å²) in [6, 6.07) is 38.3. The number of carbonyl (C=O) groups excluding carboxylic acids is 1. The number of aryl methyl sites for hydroxylation is 2. The first-order valence-corrected chi connectivity index (χ1v) is 24.4. The Morgan fingerprint density at radius 1 is 0.603 bits per heavy atom. The van der Waals surface area contributed by atoms with E-state index in [1.165, 1.54) is 18.2 Å². The summed E-state index contributed by atoms with van der Waals surface area (Å²) in [5, 5.41) is 33.7. The molecule has 7 aromatic carbocycles. The lowest BCUT2D eigenvalue weighted by Crippen LogP contribution is -2.30. The van der Waals surface area contributed by atoms with Crippen molar-refractivity contribution in [1.29, 1.82) is 0 Å². The zero-order chi connectivity index (χ0) is 55.6. The lowest BCUT2D eigenvalue weighted by Gasteiger charge is -2.29. The molecule has 0 unspecified atom stereocenters. The number of nitrogen functional groups attached to an aromatic ring is 1. The Morgan fingerprint density at radius 3 is 1.68 bits per heavy atom. The van der Waals surface area contributed by atoms with Crippen molar-refractivity contribution in [3.8, 4) is 45.0 Å². The van der Waals surface area contributed by atoms with Crippen LogP contribution in [0.1, 0.15) is 47.6 Å². The van der Waals surface area contributed by atoms with Crippen molar-refractivity contribution in [3.05, 3.63) is 185 Å². The fraction of sp³-hybridized carbons (Fsp3) is 0.196. The van der Waals surface area contributed by atoms with Gasteiger partial charge in [0.25, 0.3) is 0 Å². The predicted molar refractivity (Wildman–Crippen MR) is 284 cm³/mol. The topological polar surface area (TPSA) is 183 Å². The molecule has 0 aliphatic rings. The van der Waals surface area contributed by atoms with Crippen LogP contribution in [0.2, 0.25) is 0 Å². The highest BCUT2D eigenvalue weighted by Crippen LogP contribution is 2.40. The van der Waals surface area contributed by atoms with Gasteiger partial charge in [-0.2, -0.15) is 36.8 Å². The average Bonchev–Trinajstić information content (AvgIpc) is 4.19. The van der Waals surface area contributed by atoms with Gasteiger partial charge in [0.2, 0.25) is 11.6 Å². The second kappa shape index (κ2) is 24.2. The van der Waals surface area contributed by atoms with E-state index in [9.17, 15) is 39.9 Å². The van der Waals surface area contributed by atoms with Gasteiger partial charge in [-0.15, -0.1) is 20.4 Å². The van der Waals surface area contributed by atoms with Crippen molar-refractivity contribution in [1.82, 2.24) is 41.2 Å². The lowest BCUT2D eigenvalue weighted by atomic mass is 9.98. The van der Waals surface area contributed by atoms with Gasteiger partial charge in [0.05, 0.1) is 34.7 Å². The van der Waals surface area contributed by atoms with Crippen molar-refractivity contribution in [3.63, 3.8) is 0 Å². The number of halogens is 8. The molecule has 9 aromatic rings. The standard InChI is InChI=1S/C32H26F7N7O.C24H25FN6/c1-19-6-11-23(12-7-19)40-30(47)41-27-16-20(24-4-2-3-5-25(24)29-42-44-45-43-29)9-13-28(27)46(15-14-31(34,35)36)18-21-8-10-22(33)17-26(21)32(37,38)39;1-3-12-31(15-18-8-10-19(25)13-16(18)2)23-11-9-17(14-22(23)26)20-6-4-5-7-21(20)24-27-29-30-28-24/h2-13,16-17H,14-15,18H2,1H3,(H2,40,41,47)(H,42,43,44,45);4-11,13-14H,3,12,15,26H2,1-2H3,(H,27,28,29,30). The van der Waals surface area contributed by atoms with Crippen LogP contribution in [0.3, 0.4) is 0 Å². The smallest absolute Gasteiger partial charge is 0.397 e. The van der Waals surface area contributed by atoms with Gasteiger partial charge in [0.1, 0.15) is 11.6 Å². The van der Waals surface area contributed by atoms with Gasteiger partial charge in [0, 0.05) is 43.0 Å². The van der Waals surface area contributed by atoms with Gasteiger partial charge >= 0.3 is 18.4 Å². The molecular weight excluding hydrogens is 1020 g/mol. The first-order valence-electron chi connectivity index (χ1n) is 24.4. The van der Waals surface area contributed by atoms with Crippen LogP contribution >= 0.6 is 0 Å². The Bertz CT molecular complexity index is 3460. The monoisotopic (exact) mass is 1070 g/mol. The van der Waals surface area contributed by atoms with Crippen LogP contribution in [-0.2, 0) is 19.3 Å². The highest BCUT2D eigenvalue weighted by molar-refractivity contribution is 6.03. The zero-order valence-electron chi connectivity index (χ0n) is 42.2. The number of benzene rings is 7. The van der Waals surface area contributed by atoms with Crippen LogP contribution in [0.15, 0.2) is 146 Å².